The molecule has 1 aliphatic heterocycles. The zero-order valence-electron chi connectivity index (χ0n) is 13.4. The molecule has 6 N–H and O–H groups in total. The number of nitrogens with two attached hydrogens (primary N) is 2. The molecular weight excluding hydrogens is 387 g/mol. The van der Waals surface area contributed by atoms with Crippen LogP contribution in [-0.2, 0) is 20.5 Å². The number of nitrogens with one attached hydrogen (secondary N) is 2. The van der Waals surface area contributed by atoms with Crippen molar-refractivity contribution in [2.45, 2.75) is 23.0 Å². The summed E-state index contributed by atoms with van der Waals surface area (Å²) in [6, 6.07) is 3.15. The molecule has 0 aliphatic carbocycles. The Morgan fingerprint density at radius 3 is 2.77 bits per heavy atom. The molecule has 0 radical (unpaired) electrons. The third-order valence-corrected chi connectivity index (χ3v) is 5.66. The minimum absolute atomic E-state index is 0.133. The number of hydrazine groups is 1. The molecule has 26 heavy (non-hydrogen) atoms. The second-order valence-electron chi connectivity index (χ2n) is 5.42. The lowest BCUT2D eigenvalue weighted by molar-refractivity contribution is -0.124. The van der Waals surface area contributed by atoms with Crippen molar-refractivity contribution >= 4 is 25.2 Å². The van der Waals surface area contributed by atoms with Crippen LogP contribution in [0.1, 0.15) is 12.0 Å². The number of hydrogen-bond donors (Lipinski definition) is 4. The largest absolute Gasteiger partial charge is 0.401 e. The summed E-state index contributed by atoms with van der Waals surface area (Å²) < 4.78 is 53.6. The first-order valence-electron chi connectivity index (χ1n) is 7.26. The van der Waals surface area contributed by atoms with Gasteiger partial charge in [0.2, 0.25) is 5.91 Å². The summed E-state index contributed by atoms with van der Waals surface area (Å²) in [6.07, 6.45) is 3.34. The van der Waals surface area contributed by atoms with Gasteiger partial charge in [-0.05, 0) is 12.1 Å². The predicted molar refractivity (Wildman–Crippen MR) is 94.4 cm³/mol. The Morgan fingerprint density at radius 1 is 1.46 bits per heavy atom. The van der Waals surface area contributed by atoms with Crippen molar-refractivity contribution in [3.05, 3.63) is 54.1 Å². The minimum Gasteiger partial charge on any atom is -0.401 e. The van der Waals surface area contributed by atoms with E-state index in [1.807, 2.05) is 0 Å². The summed E-state index contributed by atoms with van der Waals surface area (Å²) in [4.78, 5) is 11.7. The van der Waals surface area contributed by atoms with Crippen LogP contribution < -0.4 is 22.3 Å². The highest BCUT2D eigenvalue weighted by Gasteiger charge is 2.36. The van der Waals surface area contributed by atoms with E-state index in [9.17, 15) is 22.0 Å². The van der Waals surface area contributed by atoms with E-state index in [1.54, 1.807) is 0 Å². The molecule has 1 heterocycles. The van der Waals surface area contributed by atoms with E-state index in [2.05, 4.69) is 10.7 Å². The van der Waals surface area contributed by atoms with Crippen molar-refractivity contribution in [2.24, 2.45) is 11.6 Å². The predicted octanol–water partition coefficient (Wildman–Crippen LogP) is 0.225. The Bertz CT molecular complexity index is 854. The average molecular weight is 405 g/mol. The molecule has 0 fully saturated rings. The van der Waals surface area contributed by atoms with Crippen molar-refractivity contribution in [2.75, 3.05) is 0 Å². The Balaban J connectivity index is 2.45. The lowest BCUT2D eigenvalue weighted by Crippen LogP contribution is -2.49. The molecule has 1 aliphatic rings. The quantitative estimate of drug-likeness (QED) is 0.304. The third-order valence-electron chi connectivity index (χ3n) is 3.55. The molecule has 0 bridgehead atoms. The Hall–Kier alpha value is -2.23. The van der Waals surface area contributed by atoms with Gasteiger partial charge in [0.15, 0.2) is 0 Å². The van der Waals surface area contributed by atoms with Gasteiger partial charge in [0, 0.05) is 36.3 Å². The Labute approximate surface area is 151 Å². The van der Waals surface area contributed by atoms with Crippen LogP contribution in [0.15, 0.2) is 53.5 Å². The minimum atomic E-state index is -4.28. The fourth-order valence-electron chi connectivity index (χ4n) is 2.31. The number of nitrogens with zero attached hydrogens (tertiary/aromatic N) is 1. The fraction of sp³-hybridized carbons (Fsp3) is 0.214. The van der Waals surface area contributed by atoms with E-state index in [0.29, 0.717) is 0 Å². The van der Waals surface area contributed by atoms with E-state index in [4.69, 9.17) is 11.6 Å². The van der Waals surface area contributed by atoms with Gasteiger partial charge < -0.3 is 16.5 Å². The molecule has 1 aromatic carbocycles. The smallest absolute Gasteiger partial charge is 0.283 e. The van der Waals surface area contributed by atoms with Gasteiger partial charge in [-0.15, -0.1) is 0 Å². The van der Waals surface area contributed by atoms with E-state index >= 15 is 0 Å². The molecule has 12 heteroatoms. The molecule has 1 aromatic rings. The normalized spacial score (nSPS) is 18.6. The highest BCUT2D eigenvalue weighted by atomic mass is 32.2. The number of hydrogen-bond acceptors (Lipinski definition) is 6. The molecule has 8 nitrogen and oxygen atoms in total. The molecule has 1 unspecified atom stereocenters. The Kier molecular flexibility index (Phi) is 5.84. The number of carbonyl (C=O) groups is 1. The molecule has 1 amide bonds. The fourth-order valence-corrected chi connectivity index (χ4v) is 3.99. The maximum Gasteiger partial charge on any atom is 0.283 e. The van der Waals surface area contributed by atoms with Gasteiger partial charge in [0.25, 0.3) is 15.7 Å². The number of rotatable bonds is 6. The molecule has 142 valence electrons. The second kappa shape index (κ2) is 7.56. The van der Waals surface area contributed by atoms with Crippen molar-refractivity contribution in [1.29, 1.82) is 0 Å². The van der Waals surface area contributed by atoms with Crippen molar-refractivity contribution in [3.8, 4) is 0 Å². The average Bonchev–Trinajstić information content (AvgIpc) is 2.56. The lowest BCUT2D eigenvalue weighted by Gasteiger charge is -2.31. The number of sulfonamides is 1. The molecule has 2 atom stereocenters. The van der Waals surface area contributed by atoms with E-state index in [-0.39, 0.29) is 17.0 Å². The van der Waals surface area contributed by atoms with Crippen LogP contribution in [0.2, 0.25) is 0 Å². The van der Waals surface area contributed by atoms with Crippen LogP contribution in [0.25, 0.3) is 0 Å². The number of carbonyl (C=O) groups excluding carboxylic acids is 1. The second-order valence-corrected chi connectivity index (χ2v) is 7.98. The van der Waals surface area contributed by atoms with Gasteiger partial charge in [0.1, 0.15) is 6.04 Å². The maximum absolute atomic E-state index is 13.5. The summed E-state index contributed by atoms with van der Waals surface area (Å²) in [5.74, 6) is 4.50. The zero-order chi connectivity index (χ0) is 19.5. The summed E-state index contributed by atoms with van der Waals surface area (Å²) in [5.41, 5.74) is 4.24. The molecular formula is C14H18F2N5O3PS. The van der Waals surface area contributed by atoms with Gasteiger partial charge in [-0.3, -0.25) is 14.9 Å². The maximum atomic E-state index is 13.5. The van der Waals surface area contributed by atoms with Crippen molar-refractivity contribution in [1.82, 2.24) is 15.0 Å². The first-order valence-corrected chi connectivity index (χ1v) is 9.27. The van der Waals surface area contributed by atoms with Crippen LogP contribution >= 0.6 is 9.24 Å². The van der Waals surface area contributed by atoms with Gasteiger partial charge in [0.05, 0.1) is 4.90 Å². The zero-order valence-corrected chi connectivity index (χ0v) is 15.4. The summed E-state index contributed by atoms with van der Waals surface area (Å²) in [6.45, 7) is 0. The molecule has 0 spiro atoms. The van der Waals surface area contributed by atoms with E-state index < -0.39 is 33.2 Å². The topological polar surface area (TPSA) is 131 Å². The monoisotopic (exact) mass is 405 g/mol. The molecule has 2 rings (SSSR count). The van der Waals surface area contributed by atoms with Crippen LogP contribution in [0.3, 0.4) is 0 Å². The summed E-state index contributed by atoms with van der Waals surface area (Å²) >= 11 is 0. The van der Waals surface area contributed by atoms with Crippen LogP contribution in [-0.4, -0.2) is 24.7 Å². The summed E-state index contributed by atoms with van der Waals surface area (Å²) in [5, 5.41) is 2.39. The van der Waals surface area contributed by atoms with Crippen molar-refractivity contribution < 1.29 is 22.0 Å². The lowest BCUT2D eigenvalue weighted by atomic mass is 10.1. The van der Waals surface area contributed by atoms with Crippen molar-refractivity contribution in [3.63, 3.8) is 0 Å². The number of benzene rings is 1. The van der Waals surface area contributed by atoms with Crippen LogP contribution in [0, 0.1) is 0 Å². The van der Waals surface area contributed by atoms with E-state index in [1.165, 1.54) is 27.6 Å². The standard InChI is InChI=1S/C14H18F2N5O3PS/c15-14(16,25)9-2-1-3-11(6-9)26(23,24)21-5-4-19-13(22)12(21)7-10(17)8-20-18/h1-6,8,12,20H,7,17-18,25H2,(H,19,22)/b10-8-/t12-/m1/s1. The number of alkyl halides is 2. The van der Waals surface area contributed by atoms with Gasteiger partial charge in [-0.1, -0.05) is 21.4 Å². The van der Waals surface area contributed by atoms with Gasteiger partial charge >= 0.3 is 0 Å². The molecule has 0 aromatic heterocycles. The third kappa shape index (κ3) is 4.29. The Morgan fingerprint density at radius 2 is 2.15 bits per heavy atom. The summed E-state index contributed by atoms with van der Waals surface area (Å²) in [7, 11) is -2.93. The highest BCUT2D eigenvalue weighted by Crippen LogP contribution is 2.36. The van der Waals surface area contributed by atoms with Crippen LogP contribution in [0.4, 0.5) is 8.78 Å². The van der Waals surface area contributed by atoms with Crippen LogP contribution in [0.5, 0.6) is 0 Å². The first kappa shape index (κ1) is 20.1. The van der Waals surface area contributed by atoms with Gasteiger partial charge in [-0.2, -0.15) is 8.78 Å². The molecule has 0 saturated heterocycles. The molecule has 0 saturated carbocycles. The number of amides is 1. The van der Waals surface area contributed by atoms with Gasteiger partial charge in [-0.25, -0.2) is 8.42 Å². The van der Waals surface area contributed by atoms with E-state index in [0.717, 1.165) is 28.8 Å². The first-order chi connectivity index (χ1) is 12.1. The number of halogens is 2. The highest BCUT2D eigenvalue weighted by molar-refractivity contribution is 7.89. The SMILES string of the molecule is NN/C=C(\N)C[C@@H]1C(=O)NC=CN1S(=O)(=O)c1cccc(C(F)(F)P)c1.